The van der Waals surface area contributed by atoms with Crippen molar-refractivity contribution in [3.8, 4) is 0 Å². The van der Waals surface area contributed by atoms with Gasteiger partial charge in [-0.05, 0) is 41.8 Å². The number of nitrogens with one attached hydrogen (secondary N) is 2. The smallest absolute Gasteiger partial charge is 0.416 e. The Hall–Kier alpha value is -2.59. The van der Waals surface area contributed by atoms with Gasteiger partial charge in [0.1, 0.15) is 11.1 Å². The summed E-state index contributed by atoms with van der Waals surface area (Å²) >= 11 is 0. The van der Waals surface area contributed by atoms with Crippen molar-refractivity contribution in [3.63, 3.8) is 0 Å². The zero-order valence-corrected chi connectivity index (χ0v) is 16.4. The second kappa shape index (κ2) is 7.68. The summed E-state index contributed by atoms with van der Waals surface area (Å²) in [5.41, 5.74) is -0.392. The summed E-state index contributed by atoms with van der Waals surface area (Å²) in [5, 5.41) is 2.76. The molecule has 29 heavy (non-hydrogen) atoms. The summed E-state index contributed by atoms with van der Waals surface area (Å²) in [6.07, 6.45) is -5.59. The van der Waals surface area contributed by atoms with Gasteiger partial charge in [0.05, 0.1) is 23.4 Å². The molecule has 10 heteroatoms. The number of alkyl halides is 3. The highest BCUT2D eigenvalue weighted by Gasteiger charge is 2.35. The molecule has 0 spiro atoms. The van der Waals surface area contributed by atoms with Crippen LogP contribution in [-0.2, 0) is 20.9 Å². The van der Waals surface area contributed by atoms with Crippen molar-refractivity contribution in [1.29, 1.82) is 0 Å². The fourth-order valence-electron chi connectivity index (χ4n) is 2.75. The molecule has 0 aromatic heterocycles. The first-order valence-electron chi connectivity index (χ1n) is 8.74. The van der Waals surface area contributed by atoms with Crippen LogP contribution >= 0.6 is 0 Å². The molecule has 1 aliphatic heterocycles. The molecule has 1 heterocycles. The third-order valence-corrected chi connectivity index (χ3v) is 5.68. The normalized spacial score (nSPS) is 18.1. The number of anilines is 1. The van der Waals surface area contributed by atoms with Crippen molar-refractivity contribution in [2.45, 2.75) is 31.1 Å². The van der Waals surface area contributed by atoms with Crippen molar-refractivity contribution in [1.82, 2.24) is 4.72 Å². The number of ether oxygens (including phenoxy) is 1. The molecule has 0 bridgehead atoms. The van der Waals surface area contributed by atoms with Gasteiger partial charge in [0.15, 0.2) is 0 Å². The lowest BCUT2D eigenvalue weighted by molar-refractivity contribution is -0.137. The highest BCUT2D eigenvalue weighted by molar-refractivity contribution is 7.89. The molecule has 0 saturated carbocycles. The quantitative estimate of drug-likeness (QED) is 0.721. The lowest BCUT2D eigenvalue weighted by Gasteiger charge is -2.29. The number of fused-ring (bicyclic) bond motifs is 1. The molecule has 2 aromatic rings. The number of sulfonamides is 1. The predicted molar refractivity (Wildman–Crippen MR) is 99.7 cm³/mol. The van der Waals surface area contributed by atoms with Crippen molar-refractivity contribution < 1.29 is 31.1 Å². The fraction of sp³-hybridized carbons (Fsp3) is 0.316. The highest BCUT2D eigenvalue weighted by atomic mass is 32.2. The van der Waals surface area contributed by atoms with E-state index < -0.39 is 33.9 Å². The van der Waals surface area contributed by atoms with E-state index in [-0.39, 0.29) is 28.7 Å². The Balaban J connectivity index is 1.85. The summed E-state index contributed by atoms with van der Waals surface area (Å²) in [5.74, 6) is -0.330. The lowest BCUT2D eigenvalue weighted by Crippen LogP contribution is -2.38. The van der Waals surface area contributed by atoms with Crippen LogP contribution < -0.4 is 10.0 Å². The summed E-state index contributed by atoms with van der Waals surface area (Å²) in [7, 11) is -4.02. The molecule has 0 unspecified atom stereocenters. The van der Waals surface area contributed by atoms with E-state index >= 15 is 0 Å². The first kappa shape index (κ1) is 21.1. The maximum Gasteiger partial charge on any atom is 0.416 e. The Morgan fingerprint density at radius 3 is 2.38 bits per heavy atom. The van der Waals surface area contributed by atoms with Crippen LogP contribution in [-0.4, -0.2) is 21.0 Å². The Morgan fingerprint density at radius 2 is 1.79 bits per heavy atom. The lowest BCUT2D eigenvalue weighted by atomic mass is 10.1. The Bertz CT molecular complexity index is 1020. The third-order valence-electron chi connectivity index (χ3n) is 4.20. The molecule has 2 aromatic carbocycles. The van der Waals surface area contributed by atoms with Crippen LogP contribution in [0.3, 0.4) is 0 Å². The van der Waals surface area contributed by atoms with Gasteiger partial charge in [0, 0.05) is 0 Å². The average molecular weight is 428 g/mol. The van der Waals surface area contributed by atoms with Gasteiger partial charge < -0.3 is 10.1 Å². The first-order valence-corrected chi connectivity index (χ1v) is 10.2. The first-order chi connectivity index (χ1) is 13.5. The molecule has 156 valence electrons. The van der Waals surface area contributed by atoms with Gasteiger partial charge in [-0.1, -0.05) is 26.0 Å². The highest BCUT2D eigenvalue weighted by Crippen LogP contribution is 2.37. The number of benzene rings is 2. The van der Waals surface area contributed by atoms with Crippen LogP contribution in [0, 0.1) is 5.92 Å². The second-order valence-electron chi connectivity index (χ2n) is 7.02. The molecular weight excluding hydrogens is 409 g/mol. The summed E-state index contributed by atoms with van der Waals surface area (Å²) < 4.78 is 71.3. The average Bonchev–Trinajstić information content (AvgIpc) is 2.64. The van der Waals surface area contributed by atoms with Crippen molar-refractivity contribution in [2.24, 2.45) is 5.92 Å². The minimum absolute atomic E-state index is 0.149. The molecule has 6 nitrogen and oxygen atoms in total. The molecule has 0 saturated heterocycles. The minimum Gasteiger partial charge on any atom is -0.462 e. The van der Waals surface area contributed by atoms with Gasteiger partial charge in [-0.15, -0.1) is 0 Å². The molecule has 2 N–H and O–H groups in total. The molecule has 1 atom stereocenters. The minimum atomic E-state index is -4.60. The molecule has 3 rings (SSSR count). The zero-order valence-electron chi connectivity index (χ0n) is 15.6. The Morgan fingerprint density at radius 1 is 1.14 bits per heavy atom. The number of hydrogen-bond donors (Lipinski definition) is 2. The van der Waals surface area contributed by atoms with Crippen LogP contribution in [0.4, 0.5) is 18.9 Å². The number of hydrogen-bond acceptors (Lipinski definition) is 5. The van der Waals surface area contributed by atoms with Crippen LogP contribution in [0.5, 0.6) is 0 Å². The monoisotopic (exact) mass is 428 g/mol. The van der Waals surface area contributed by atoms with Crippen molar-refractivity contribution in [3.05, 3.63) is 59.2 Å². The third kappa shape index (κ3) is 4.70. The number of halogens is 3. The van der Waals surface area contributed by atoms with Gasteiger partial charge in [0.2, 0.25) is 10.0 Å². The SMILES string of the molecule is CC(C)COC(=O)c1ccc([C@@H]2Nc3cc(C(F)(F)F)ccc3S(=O)(=O)N2)cc1. The standard InChI is InChI=1S/C19H19F3N2O4S/c1-11(2)10-28-18(25)13-5-3-12(4-6-13)17-23-15-9-14(19(20,21)22)7-8-16(15)29(26,27)24-17/h3-9,11,17,23-24H,10H2,1-2H3/t17-/m1/s1. The van der Waals surface area contributed by atoms with Crippen molar-refractivity contribution in [2.75, 3.05) is 11.9 Å². The van der Waals surface area contributed by atoms with Gasteiger partial charge in [-0.3, -0.25) is 0 Å². The van der Waals surface area contributed by atoms with Crippen molar-refractivity contribution >= 4 is 21.7 Å². The largest absolute Gasteiger partial charge is 0.462 e. The van der Waals surface area contributed by atoms with E-state index in [0.29, 0.717) is 5.56 Å². The molecule has 0 aliphatic carbocycles. The van der Waals surface area contributed by atoms with E-state index in [4.69, 9.17) is 4.74 Å². The summed E-state index contributed by atoms with van der Waals surface area (Å²) in [6, 6.07) is 8.34. The van der Waals surface area contributed by atoms with E-state index in [1.54, 1.807) is 0 Å². The number of carbonyl (C=O) groups is 1. The molecule has 0 amide bonds. The maximum atomic E-state index is 13.0. The van der Waals surface area contributed by atoms with Crippen LogP contribution in [0.15, 0.2) is 47.4 Å². The van der Waals surface area contributed by atoms with E-state index in [2.05, 4.69) is 10.0 Å². The number of rotatable bonds is 4. The summed E-state index contributed by atoms with van der Waals surface area (Å²) in [4.78, 5) is 11.7. The fourth-order valence-corrected chi connectivity index (χ4v) is 4.03. The Kier molecular flexibility index (Phi) is 5.59. The van der Waals surface area contributed by atoms with Gasteiger partial charge >= 0.3 is 12.1 Å². The van der Waals surface area contributed by atoms with Crippen LogP contribution in [0.2, 0.25) is 0 Å². The molecule has 0 fully saturated rings. The van der Waals surface area contributed by atoms with E-state index in [9.17, 15) is 26.4 Å². The van der Waals surface area contributed by atoms with E-state index in [0.717, 1.165) is 18.2 Å². The predicted octanol–water partition coefficient (Wildman–Crippen LogP) is 3.92. The topological polar surface area (TPSA) is 84.5 Å². The van der Waals surface area contributed by atoms with Gasteiger partial charge in [-0.2, -0.15) is 17.9 Å². The number of carbonyl (C=O) groups excluding carboxylic acids is 1. The van der Waals surface area contributed by atoms with Crippen LogP contribution in [0.1, 0.15) is 41.5 Å². The van der Waals surface area contributed by atoms with E-state index in [1.807, 2.05) is 13.8 Å². The molecular formula is C19H19F3N2O4S. The Labute approximate surface area is 166 Å². The second-order valence-corrected chi connectivity index (χ2v) is 8.70. The number of esters is 1. The van der Waals surface area contributed by atoms with Gasteiger partial charge in [0.25, 0.3) is 0 Å². The van der Waals surface area contributed by atoms with Gasteiger partial charge in [-0.25, -0.2) is 13.2 Å². The molecule has 0 radical (unpaired) electrons. The van der Waals surface area contributed by atoms with E-state index in [1.165, 1.54) is 24.3 Å². The zero-order chi connectivity index (χ0) is 21.4. The molecule has 1 aliphatic rings. The maximum absolute atomic E-state index is 13.0. The van der Waals surface area contributed by atoms with Crippen LogP contribution in [0.25, 0.3) is 0 Å². The summed E-state index contributed by atoms with van der Waals surface area (Å²) in [6.45, 7) is 4.07.